The van der Waals surface area contributed by atoms with Crippen molar-refractivity contribution in [3.05, 3.63) is 11.8 Å². The molecule has 0 fully saturated rings. The maximum Gasteiger partial charge on any atom is 0.245 e. The number of hydrogen-bond acceptors (Lipinski definition) is 2. The molecular formula is C9H18N2O. The molecule has 3 nitrogen and oxygen atoms in total. The van der Waals surface area contributed by atoms with Crippen LogP contribution < -0.4 is 5.73 Å². The Hall–Kier alpha value is -0.990. The largest absolute Gasteiger partial charge is 0.377 e. The fourth-order valence-electron chi connectivity index (χ4n) is 0.784. The summed E-state index contributed by atoms with van der Waals surface area (Å²) in [5.74, 6) is -0.356. The van der Waals surface area contributed by atoms with E-state index >= 15 is 0 Å². The Kier molecular flexibility index (Phi) is 4.40. The first kappa shape index (κ1) is 11.0. The van der Waals surface area contributed by atoms with Gasteiger partial charge in [-0.05, 0) is 20.3 Å². The number of hydrogen-bond donors (Lipinski definition) is 1. The Morgan fingerprint density at radius 1 is 1.67 bits per heavy atom. The van der Waals surface area contributed by atoms with Gasteiger partial charge in [0.2, 0.25) is 5.91 Å². The normalized spacial score (nSPS) is 14.2. The monoisotopic (exact) mass is 170 g/mol. The lowest BCUT2D eigenvalue weighted by Gasteiger charge is -2.22. The highest BCUT2D eigenvalue weighted by Crippen LogP contribution is 2.03. The molecule has 0 spiro atoms. The highest BCUT2D eigenvalue weighted by atomic mass is 16.1. The minimum absolute atomic E-state index is 0.356. The third kappa shape index (κ3) is 3.42. The molecule has 0 aromatic heterocycles. The van der Waals surface area contributed by atoms with E-state index in [1.807, 2.05) is 11.9 Å². The van der Waals surface area contributed by atoms with Crippen molar-refractivity contribution < 1.29 is 4.79 Å². The molecule has 0 rings (SSSR count). The summed E-state index contributed by atoms with van der Waals surface area (Å²) in [6.45, 7) is 5.93. The first-order chi connectivity index (χ1) is 5.49. The van der Waals surface area contributed by atoms with Crippen LogP contribution in [0.1, 0.15) is 27.2 Å². The van der Waals surface area contributed by atoms with E-state index in [1.165, 1.54) is 0 Å². The van der Waals surface area contributed by atoms with E-state index in [4.69, 9.17) is 5.73 Å². The van der Waals surface area contributed by atoms with E-state index in [0.29, 0.717) is 11.6 Å². The van der Waals surface area contributed by atoms with Crippen LogP contribution in [-0.4, -0.2) is 23.9 Å². The van der Waals surface area contributed by atoms with Crippen molar-refractivity contribution in [3.8, 4) is 0 Å². The van der Waals surface area contributed by atoms with Crippen molar-refractivity contribution in [1.82, 2.24) is 4.90 Å². The minimum atomic E-state index is -0.356. The van der Waals surface area contributed by atoms with Gasteiger partial charge in [0.05, 0.1) is 0 Å². The first-order valence-electron chi connectivity index (χ1n) is 4.19. The van der Waals surface area contributed by atoms with Gasteiger partial charge in [0, 0.05) is 24.9 Å². The molecule has 0 saturated heterocycles. The summed E-state index contributed by atoms with van der Waals surface area (Å²) in [5.41, 5.74) is 5.69. The first-order valence-corrected chi connectivity index (χ1v) is 4.19. The quantitative estimate of drug-likeness (QED) is 0.642. The van der Waals surface area contributed by atoms with Gasteiger partial charge in [-0.3, -0.25) is 4.79 Å². The van der Waals surface area contributed by atoms with Gasteiger partial charge in [-0.25, -0.2) is 0 Å². The Morgan fingerprint density at radius 3 is 2.50 bits per heavy atom. The maximum atomic E-state index is 10.7. The van der Waals surface area contributed by atoms with E-state index in [1.54, 1.807) is 13.1 Å². The molecule has 0 saturated carbocycles. The van der Waals surface area contributed by atoms with Crippen LogP contribution in [0.2, 0.25) is 0 Å². The second kappa shape index (κ2) is 4.80. The predicted octanol–water partition coefficient (Wildman–Crippen LogP) is 1.11. The van der Waals surface area contributed by atoms with Crippen LogP contribution in [0.15, 0.2) is 11.8 Å². The second-order valence-corrected chi connectivity index (χ2v) is 3.10. The van der Waals surface area contributed by atoms with Crippen LogP contribution in [0.5, 0.6) is 0 Å². The SMILES string of the molecule is CCC(C)N(C)/C=C(\C)C(N)=O. The molecule has 1 unspecified atom stereocenters. The number of nitrogens with two attached hydrogens (primary N) is 1. The van der Waals surface area contributed by atoms with Crippen LogP contribution >= 0.6 is 0 Å². The molecule has 0 aromatic carbocycles. The van der Waals surface area contributed by atoms with Gasteiger partial charge < -0.3 is 10.6 Å². The number of nitrogens with zero attached hydrogens (tertiary/aromatic N) is 1. The lowest BCUT2D eigenvalue weighted by molar-refractivity contribution is -0.114. The number of carbonyl (C=O) groups is 1. The Bertz CT molecular complexity index is 187. The van der Waals surface area contributed by atoms with E-state index < -0.39 is 0 Å². The molecule has 1 atom stereocenters. The van der Waals surface area contributed by atoms with Crippen LogP contribution in [0.25, 0.3) is 0 Å². The van der Waals surface area contributed by atoms with Crippen LogP contribution in [0, 0.1) is 0 Å². The Labute approximate surface area is 74.2 Å². The standard InChI is InChI=1S/C9H18N2O/c1-5-8(3)11(4)6-7(2)9(10)12/h6,8H,5H2,1-4H3,(H2,10,12)/b7-6+. The van der Waals surface area contributed by atoms with Crippen LogP contribution in [0.3, 0.4) is 0 Å². The summed E-state index contributed by atoms with van der Waals surface area (Å²) in [5, 5.41) is 0. The fraction of sp³-hybridized carbons (Fsp3) is 0.667. The molecule has 0 aliphatic rings. The van der Waals surface area contributed by atoms with Gasteiger partial charge in [0.25, 0.3) is 0 Å². The third-order valence-electron chi connectivity index (χ3n) is 2.07. The molecule has 0 aliphatic carbocycles. The number of carbonyl (C=O) groups excluding carboxylic acids is 1. The van der Waals surface area contributed by atoms with Gasteiger partial charge >= 0.3 is 0 Å². The average Bonchev–Trinajstić information content (AvgIpc) is 2.02. The molecule has 0 heterocycles. The molecule has 0 radical (unpaired) electrons. The van der Waals surface area contributed by atoms with Gasteiger partial charge in [-0.2, -0.15) is 0 Å². The second-order valence-electron chi connectivity index (χ2n) is 3.10. The average molecular weight is 170 g/mol. The fourth-order valence-corrected chi connectivity index (χ4v) is 0.784. The summed E-state index contributed by atoms with van der Waals surface area (Å²) in [7, 11) is 1.95. The third-order valence-corrected chi connectivity index (χ3v) is 2.07. The summed E-state index contributed by atoms with van der Waals surface area (Å²) >= 11 is 0. The molecule has 0 aliphatic heterocycles. The van der Waals surface area contributed by atoms with Crippen LogP contribution in [-0.2, 0) is 4.79 Å². The number of rotatable bonds is 4. The van der Waals surface area contributed by atoms with Gasteiger partial charge in [0.1, 0.15) is 0 Å². The summed E-state index contributed by atoms with van der Waals surface area (Å²) in [6, 6.07) is 0.444. The molecule has 2 N–H and O–H groups in total. The Morgan fingerprint density at radius 2 is 2.17 bits per heavy atom. The lowest BCUT2D eigenvalue weighted by atomic mass is 10.2. The lowest BCUT2D eigenvalue weighted by Crippen LogP contribution is -2.25. The van der Waals surface area contributed by atoms with Crippen molar-refractivity contribution in [2.45, 2.75) is 33.2 Å². The van der Waals surface area contributed by atoms with Crippen molar-refractivity contribution in [1.29, 1.82) is 0 Å². The molecule has 12 heavy (non-hydrogen) atoms. The molecular weight excluding hydrogens is 152 g/mol. The van der Waals surface area contributed by atoms with Crippen LogP contribution in [0.4, 0.5) is 0 Å². The van der Waals surface area contributed by atoms with E-state index in [-0.39, 0.29) is 5.91 Å². The predicted molar refractivity (Wildman–Crippen MR) is 50.5 cm³/mol. The van der Waals surface area contributed by atoms with E-state index in [0.717, 1.165) is 6.42 Å². The summed E-state index contributed by atoms with van der Waals surface area (Å²) < 4.78 is 0. The molecule has 3 heteroatoms. The van der Waals surface area contributed by atoms with Crippen molar-refractivity contribution >= 4 is 5.91 Å². The maximum absolute atomic E-state index is 10.7. The van der Waals surface area contributed by atoms with Gasteiger partial charge in [-0.15, -0.1) is 0 Å². The van der Waals surface area contributed by atoms with E-state index in [9.17, 15) is 4.79 Å². The smallest absolute Gasteiger partial charge is 0.245 e. The molecule has 0 aromatic rings. The molecule has 1 amide bonds. The number of primary amides is 1. The van der Waals surface area contributed by atoms with Crippen molar-refractivity contribution in [2.24, 2.45) is 5.73 Å². The van der Waals surface area contributed by atoms with E-state index in [2.05, 4.69) is 13.8 Å². The Balaban J connectivity index is 4.22. The zero-order valence-electron chi connectivity index (χ0n) is 8.29. The topological polar surface area (TPSA) is 46.3 Å². The molecule has 70 valence electrons. The zero-order valence-corrected chi connectivity index (χ0v) is 8.29. The summed E-state index contributed by atoms with van der Waals surface area (Å²) in [6.07, 6.45) is 2.84. The highest BCUT2D eigenvalue weighted by Gasteiger charge is 2.04. The number of amides is 1. The summed E-state index contributed by atoms with van der Waals surface area (Å²) in [4.78, 5) is 12.7. The van der Waals surface area contributed by atoms with Gasteiger partial charge in [-0.1, -0.05) is 6.92 Å². The van der Waals surface area contributed by atoms with Gasteiger partial charge in [0.15, 0.2) is 0 Å². The highest BCUT2D eigenvalue weighted by molar-refractivity contribution is 5.91. The zero-order chi connectivity index (χ0) is 9.72. The van der Waals surface area contributed by atoms with Crippen molar-refractivity contribution in [3.63, 3.8) is 0 Å². The minimum Gasteiger partial charge on any atom is -0.377 e. The molecule has 0 bridgehead atoms. The van der Waals surface area contributed by atoms with Crippen molar-refractivity contribution in [2.75, 3.05) is 7.05 Å².